The van der Waals surface area contributed by atoms with Crippen molar-refractivity contribution in [2.75, 3.05) is 12.4 Å². The molecule has 6 heteroatoms. The van der Waals surface area contributed by atoms with E-state index in [9.17, 15) is 13.2 Å². The second-order valence-electron chi connectivity index (χ2n) is 6.34. The molecule has 0 unspecified atom stereocenters. The van der Waals surface area contributed by atoms with E-state index in [0.717, 1.165) is 23.3 Å². The Balaban J connectivity index is 1.87. The highest BCUT2D eigenvalue weighted by Gasteiger charge is 2.30. The van der Waals surface area contributed by atoms with Crippen LogP contribution in [0, 0.1) is 0 Å². The molecule has 0 aliphatic carbocycles. The summed E-state index contributed by atoms with van der Waals surface area (Å²) in [6.45, 7) is 0. The molecule has 0 aliphatic heterocycles. The Kier molecular flexibility index (Phi) is 5.99. The van der Waals surface area contributed by atoms with Crippen molar-refractivity contribution < 1.29 is 13.2 Å². The first-order valence-corrected chi connectivity index (χ1v) is 9.08. The van der Waals surface area contributed by atoms with Crippen molar-refractivity contribution in [3.8, 4) is 0 Å². The Morgan fingerprint density at radius 2 is 1.39 bits per heavy atom. The molecular weight excluding hydrogens is 381 g/mol. The van der Waals surface area contributed by atoms with E-state index in [-0.39, 0.29) is 6.04 Å². The molecule has 0 bridgehead atoms. The van der Waals surface area contributed by atoms with Gasteiger partial charge in [-0.15, -0.1) is 0 Å². The van der Waals surface area contributed by atoms with Crippen molar-refractivity contribution in [1.29, 1.82) is 0 Å². The molecule has 3 aromatic rings. The predicted molar refractivity (Wildman–Crippen MR) is 110 cm³/mol. The maximum atomic E-state index is 13.0. The van der Waals surface area contributed by atoms with E-state index in [1.54, 1.807) is 6.07 Å². The van der Waals surface area contributed by atoms with Crippen molar-refractivity contribution >= 4 is 23.0 Å². The maximum Gasteiger partial charge on any atom is 0.416 e. The lowest BCUT2D eigenvalue weighted by atomic mass is 9.98. The number of benzene rings is 3. The van der Waals surface area contributed by atoms with Gasteiger partial charge in [0.25, 0.3) is 0 Å². The normalized spacial score (nSPS) is 11.3. The topological polar surface area (TPSA) is 15.3 Å². The number of rotatable bonds is 4. The molecule has 144 valence electrons. The van der Waals surface area contributed by atoms with Gasteiger partial charge in [0.05, 0.1) is 11.6 Å². The number of nitrogens with one attached hydrogen (secondary N) is 1. The van der Waals surface area contributed by atoms with E-state index < -0.39 is 11.7 Å². The van der Waals surface area contributed by atoms with Crippen molar-refractivity contribution in [2.24, 2.45) is 0 Å². The summed E-state index contributed by atoms with van der Waals surface area (Å²) >= 11 is 5.51. The summed E-state index contributed by atoms with van der Waals surface area (Å²) in [5.74, 6) is 0. The Morgan fingerprint density at radius 3 is 1.89 bits per heavy atom. The lowest BCUT2D eigenvalue weighted by Crippen LogP contribution is -2.35. The zero-order valence-corrected chi connectivity index (χ0v) is 16.0. The van der Waals surface area contributed by atoms with E-state index >= 15 is 0 Å². The van der Waals surface area contributed by atoms with Gasteiger partial charge in [-0.2, -0.15) is 13.2 Å². The standard InChI is InChI=1S/C22H19F3N2S/c1-27(21(28)26-19-14-8-13-18(15-19)22(23,24)25)20(16-9-4-2-5-10-16)17-11-6-3-7-12-17/h2-15,20H,1H3,(H,26,28). The summed E-state index contributed by atoms with van der Waals surface area (Å²) < 4.78 is 38.9. The quantitative estimate of drug-likeness (QED) is 0.531. The van der Waals surface area contributed by atoms with Gasteiger partial charge in [-0.25, -0.2) is 0 Å². The van der Waals surface area contributed by atoms with E-state index in [0.29, 0.717) is 10.8 Å². The Labute approximate surface area is 167 Å². The van der Waals surface area contributed by atoms with Crippen molar-refractivity contribution in [1.82, 2.24) is 4.90 Å². The summed E-state index contributed by atoms with van der Waals surface area (Å²) in [4.78, 5) is 1.85. The van der Waals surface area contributed by atoms with Gasteiger partial charge in [-0.3, -0.25) is 0 Å². The van der Waals surface area contributed by atoms with Gasteiger partial charge in [0.1, 0.15) is 0 Å². The summed E-state index contributed by atoms with van der Waals surface area (Å²) in [6, 6.07) is 24.5. The molecule has 0 saturated carbocycles. The Hall–Kier alpha value is -2.86. The smallest absolute Gasteiger partial charge is 0.341 e. The fourth-order valence-corrected chi connectivity index (χ4v) is 3.24. The van der Waals surface area contributed by atoms with E-state index in [1.165, 1.54) is 6.07 Å². The first kappa shape index (κ1) is 19.9. The zero-order valence-electron chi connectivity index (χ0n) is 15.1. The molecular formula is C22H19F3N2S. The summed E-state index contributed by atoms with van der Waals surface area (Å²) in [5.41, 5.74) is 1.64. The van der Waals surface area contributed by atoms with Gasteiger partial charge in [0.15, 0.2) is 5.11 Å². The molecule has 0 atom stereocenters. The largest absolute Gasteiger partial charge is 0.416 e. The second kappa shape index (κ2) is 8.44. The predicted octanol–water partition coefficient (Wildman–Crippen LogP) is 6.12. The number of anilines is 1. The van der Waals surface area contributed by atoms with Crippen LogP contribution in [-0.2, 0) is 6.18 Å². The van der Waals surface area contributed by atoms with Gasteiger partial charge in [0, 0.05) is 12.7 Å². The first-order valence-electron chi connectivity index (χ1n) is 8.67. The SMILES string of the molecule is CN(C(=S)Nc1cccc(C(F)(F)F)c1)C(c1ccccc1)c1ccccc1. The van der Waals surface area contributed by atoms with Crippen LogP contribution in [0.4, 0.5) is 18.9 Å². The number of hydrogen-bond acceptors (Lipinski definition) is 1. The van der Waals surface area contributed by atoms with E-state index in [4.69, 9.17) is 12.2 Å². The van der Waals surface area contributed by atoms with Crippen LogP contribution in [0.1, 0.15) is 22.7 Å². The summed E-state index contributed by atoms with van der Waals surface area (Å²) in [7, 11) is 1.83. The molecule has 0 radical (unpaired) electrons. The minimum atomic E-state index is -4.40. The molecule has 0 spiro atoms. The monoisotopic (exact) mass is 400 g/mol. The molecule has 3 aromatic carbocycles. The third kappa shape index (κ3) is 4.70. The van der Waals surface area contributed by atoms with Crippen LogP contribution < -0.4 is 5.32 Å². The average molecular weight is 400 g/mol. The molecule has 0 aromatic heterocycles. The highest BCUT2D eigenvalue weighted by Crippen LogP contribution is 2.31. The van der Waals surface area contributed by atoms with Crippen molar-refractivity contribution in [3.63, 3.8) is 0 Å². The van der Waals surface area contributed by atoms with Crippen LogP contribution in [0.3, 0.4) is 0 Å². The summed E-state index contributed by atoms with van der Waals surface area (Å²) in [6.07, 6.45) is -4.40. The molecule has 2 nitrogen and oxygen atoms in total. The van der Waals surface area contributed by atoms with Crippen LogP contribution in [0.2, 0.25) is 0 Å². The van der Waals surface area contributed by atoms with Crippen LogP contribution in [-0.4, -0.2) is 17.1 Å². The molecule has 0 aliphatic rings. The van der Waals surface area contributed by atoms with Gasteiger partial charge >= 0.3 is 6.18 Å². The van der Waals surface area contributed by atoms with Crippen molar-refractivity contribution in [3.05, 3.63) is 102 Å². The maximum absolute atomic E-state index is 13.0. The minimum Gasteiger partial charge on any atom is -0.341 e. The number of nitrogens with zero attached hydrogens (tertiary/aromatic N) is 1. The third-order valence-electron chi connectivity index (χ3n) is 4.38. The number of hydrogen-bond donors (Lipinski definition) is 1. The first-order chi connectivity index (χ1) is 13.4. The van der Waals surface area contributed by atoms with Crippen LogP contribution in [0.5, 0.6) is 0 Å². The lowest BCUT2D eigenvalue weighted by Gasteiger charge is -2.31. The Bertz CT molecular complexity index is 888. The molecule has 1 N–H and O–H groups in total. The zero-order chi connectivity index (χ0) is 20.1. The van der Waals surface area contributed by atoms with Gasteiger partial charge in [-0.1, -0.05) is 66.7 Å². The molecule has 0 heterocycles. The molecule has 28 heavy (non-hydrogen) atoms. The average Bonchev–Trinajstić information content (AvgIpc) is 2.69. The second-order valence-corrected chi connectivity index (χ2v) is 6.73. The number of alkyl halides is 3. The van der Waals surface area contributed by atoms with Crippen LogP contribution in [0.15, 0.2) is 84.9 Å². The fraction of sp³-hybridized carbons (Fsp3) is 0.136. The molecule has 0 saturated heterocycles. The van der Waals surface area contributed by atoms with Crippen LogP contribution >= 0.6 is 12.2 Å². The van der Waals surface area contributed by atoms with Gasteiger partial charge in [-0.05, 0) is 41.5 Å². The van der Waals surface area contributed by atoms with Gasteiger partial charge in [0.2, 0.25) is 0 Å². The van der Waals surface area contributed by atoms with Crippen molar-refractivity contribution in [2.45, 2.75) is 12.2 Å². The van der Waals surface area contributed by atoms with Crippen LogP contribution in [0.25, 0.3) is 0 Å². The summed E-state index contributed by atoms with van der Waals surface area (Å²) in [5, 5.41) is 3.26. The number of halogens is 3. The highest BCUT2D eigenvalue weighted by atomic mass is 32.1. The van der Waals surface area contributed by atoms with Gasteiger partial charge < -0.3 is 10.2 Å². The van der Waals surface area contributed by atoms with E-state index in [2.05, 4.69) is 5.32 Å². The molecule has 0 amide bonds. The highest BCUT2D eigenvalue weighted by molar-refractivity contribution is 7.80. The minimum absolute atomic E-state index is 0.173. The molecule has 3 rings (SSSR count). The third-order valence-corrected chi connectivity index (χ3v) is 4.77. The fourth-order valence-electron chi connectivity index (χ4n) is 3.01. The molecule has 0 fully saturated rings. The lowest BCUT2D eigenvalue weighted by molar-refractivity contribution is -0.137. The Morgan fingerprint density at radius 1 is 0.857 bits per heavy atom. The van der Waals surface area contributed by atoms with E-state index in [1.807, 2.05) is 72.6 Å². The number of thiocarbonyl (C=S) groups is 1.